The fourth-order valence-corrected chi connectivity index (χ4v) is 2.69. The van der Waals surface area contributed by atoms with Crippen molar-refractivity contribution >= 4 is 29.2 Å². The molecule has 0 unspecified atom stereocenters. The summed E-state index contributed by atoms with van der Waals surface area (Å²) in [5, 5.41) is 2.10. The van der Waals surface area contributed by atoms with Crippen LogP contribution in [0.5, 0.6) is 0 Å². The summed E-state index contributed by atoms with van der Waals surface area (Å²) in [5.41, 5.74) is 2.14. The van der Waals surface area contributed by atoms with Gasteiger partial charge in [0.25, 0.3) is 0 Å². The van der Waals surface area contributed by atoms with Crippen LogP contribution in [-0.2, 0) is 6.42 Å². The highest BCUT2D eigenvalue weighted by Gasteiger charge is 2.12. The van der Waals surface area contributed by atoms with Gasteiger partial charge in [0.15, 0.2) is 0 Å². The molecule has 0 radical (unpaired) electrons. The van der Waals surface area contributed by atoms with Crippen LogP contribution in [0.15, 0.2) is 24.5 Å². The minimum Gasteiger partial charge on any atom is -0.312 e. The monoisotopic (exact) mass is 251 g/mol. The summed E-state index contributed by atoms with van der Waals surface area (Å²) < 4.78 is 1.82. The Bertz CT molecular complexity index is 465. The Kier molecular flexibility index (Phi) is 3.46. The normalized spacial score (nSPS) is 10.4. The minimum atomic E-state index is 0.914. The first kappa shape index (κ1) is 11.4. The summed E-state index contributed by atoms with van der Waals surface area (Å²) in [6, 6.07) is 3.94. The summed E-state index contributed by atoms with van der Waals surface area (Å²) in [5.74, 6) is 0. The van der Waals surface area contributed by atoms with Crippen molar-refractivity contribution in [3.63, 3.8) is 0 Å². The molecule has 0 N–H and O–H groups in total. The molecule has 0 aliphatic rings. The van der Waals surface area contributed by atoms with Crippen LogP contribution in [0.4, 0.5) is 5.00 Å². The minimum absolute atomic E-state index is 0.914. The summed E-state index contributed by atoms with van der Waals surface area (Å²) in [6.07, 6.45) is 4.51. The molecule has 84 valence electrons. The largest absolute Gasteiger partial charge is 0.312 e. The molecule has 0 atom stereocenters. The number of rotatable bonds is 3. The third kappa shape index (κ3) is 2.20. The van der Waals surface area contributed by atoms with E-state index < -0.39 is 0 Å². The molecular weight excluding hydrogens is 238 g/mol. The summed E-state index contributed by atoms with van der Waals surface area (Å²) in [6.45, 7) is 2.10. The van der Waals surface area contributed by atoms with Crippen LogP contribution in [0.2, 0.25) is 0 Å². The predicted molar refractivity (Wildman–Crippen MR) is 72.1 cm³/mol. The number of hydrogen-bond donors (Lipinski definition) is 1. The molecule has 2 heterocycles. The molecule has 5 heteroatoms. The van der Waals surface area contributed by atoms with Gasteiger partial charge in [-0.2, -0.15) is 0 Å². The average molecular weight is 251 g/mol. The van der Waals surface area contributed by atoms with Crippen molar-refractivity contribution in [3.05, 3.63) is 30.2 Å². The van der Waals surface area contributed by atoms with E-state index in [1.807, 2.05) is 29.7 Å². The topological polar surface area (TPSA) is 29.0 Å². The number of aryl methyl sites for hydroxylation is 1. The van der Waals surface area contributed by atoms with E-state index >= 15 is 0 Å². The molecule has 0 saturated carbocycles. The van der Waals surface area contributed by atoms with Crippen LogP contribution in [-0.4, -0.2) is 17.0 Å². The van der Waals surface area contributed by atoms with Crippen LogP contribution in [0.3, 0.4) is 0 Å². The van der Waals surface area contributed by atoms with Crippen LogP contribution in [0.1, 0.15) is 12.6 Å². The van der Waals surface area contributed by atoms with Gasteiger partial charge < -0.3 is 4.31 Å². The molecule has 2 rings (SSSR count). The van der Waals surface area contributed by atoms with Crippen LogP contribution in [0.25, 0.3) is 10.6 Å². The Labute approximate surface area is 105 Å². The maximum Gasteiger partial charge on any atom is 0.127 e. The Morgan fingerprint density at radius 1 is 1.50 bits per heavy atom. The Hall–Kier alpha value is -1.07. The highest BCUT2D eigenvalue weighted by atomic mass is 32.1. The Balaban J connectivity index is 2.44. The lowest BCUT2D eigenvalue weighted by Gasteiger charge is -2.07. The number of thiazole rings is 1. The summed E-state index contributed by atoms with van der Waals surface area (Å²) >= 11 is 5.97. The number of thiol groups is 1. The van der Waals surface area contributed by atoms with Gasteiger partial charge in [-0.05, 0) is 18.6 Å². The van der Waals surface area contributed by atoms with Gasteiger partial charge >= 0.3 is 0 Å². The number of nitrogens with zero attached hydrogens (tertiary/aromatic N) is 3. The number of hydrogen-bond acceptors (Lipinski definition) is 5. The molecule has 0 aliphatic carbocycles. The van der Waals surface area contributed by atoms with Crippen molar-refractivity contribution in [2.24, 2.45) is 0 Å². The van der Waals surface area contributed by atoms with E-state index in [0.29, 0.717) is 0 Å². The molecule has 2 aromatic rings. The highest BCUT2D eigenvalue weighted by molar-refractivity contribution is 7.82. The molecule has 0 aliphatic heterocycles. The van der Waals surface area contributed by atoms with Gasteiger partial charge in [0.2, 0.25) is 0 Å². The lowest BCUT2D eigenvalue weighted by molar-refractivity contribution is 1.06. The van der Waals surface area contributed by atoms with Gasteiger partial charge in [-0.15, -0.1) is 0 Å². The second-order valence-corrected chi connectivity index (χ2v) is 4.97. The first-order valence-electron chi connectivity index (χ1n) is 5.05. The van der Waals surface area contributed by atoms with E-state index in [2.05, 4.69) is 29.7 Å². The van der Waals surface area contributed by atoms with E-state index in [-0.39, 0.29) is 0 Å². The zero-order chi connectivity index (χ0) is 11.5. The lowest BCUT2D eigenvalue weighted by atomic mass is 10.3. The molecule has 0 saturated heterocycles. The molecule has 2 aromatic heterocycles. The van der Waals surface area contributed by atoms with Crippen LogP contribution in [0, 0.1) is 0 Å². The van der Waals surface area contributed by atoms with Crippen LogP contribution < -0.4 is 4.31 Å². The predicted octanol–water partition coefficient (Wildman–Crippen LogP) is 3.05. The zero-order valence-corrected chi connectivity index (χ0v) is 10.9. The first-order chi connectivity index (χ1) is 7.72. The zero-order valence-electron chi connectivity index (χ0n) is 9.21. The van der Waals surface area contributed by atoms with E-state index in [9.17, 15) is 0 Å². The molecule has 0 amide bonds. The molecule has 3 nitrogen and oxygen atoms in total. The number of anilines is 1. The van der Waals surface area contributed by atoms with Gasteiger partial charge in [-0.1, -0.05) is 31.1 Å². The number of pyridine rings is 1. The maximum absolute atomic E-state index is 4.61. The Morgan fingerprint density at radius 2 is 2.31 bits per heavy atom. The fraction of sp³-hybridized carbons (Fsp3) is 0.273. The van der Waals surface area contributed by atoms with E-state index in [1.165, 1.54) is 0 Å². The highest BCUT2D eigenvalue weighted by Crippen LogP contribution is 2.34. The smallest absolute Gasteiger partial charge is 0.127 e. The summed E-state index contributed by atoms with van der Waals surface area (Å²) in [4.78, 5) is 8.71. The van der Waals surface area contributed by atoms with Crippen molar-refractivity contribution < 1.29 is 0 Å². The summed E-state index contributed by atoms with van der Waals surface area (Å²) in [7, 11) is 1.92. The van der Waals surface area contributed by atoms with E-state index in [1.54, 1.807) is 17.5 Å². The van der Waals surface area contributed by atoms with Gasteiger partial charge in [-0.3, -0.25) is 4.98 Å². The number of aromatic nitrogens is 2. The van der Waals surface area contributed by atoms with E-state index in [0.717, 1.165) is 27.7 Å². The van der Waals surface area contributed by atoms with Crippen molar-refractivity contribution in [1.29, 1.82) is 0 Å². The average Bonchev–Trinajstić information content (AvgIpc) is 2.74. The molecular formula is C11H13N3S2. The van der Waals surface area contributed by atoms with Crippen molar-refractivity contribution in [1.82, 2.24) is 9.97 Å². The molecule has 16 heavy (non-hydrogen) atoms. The van der Waals surface area contributed by atoms with Crippen molar-refractivity contribution in [3.8, 4) is 10.6 Å². The Morgan fingerprint density at radius 3 is 2.81 bits per heavy atom. The van der Waals surface area contributed by atoms with Gasteiger partial charge in [-0.25, -0.2) is 4.98 Å². The van der Waals surface area contributed by atoms with Crippen molar-refractivity contribution in [2.75, 3.05) is 11.4 Å². The van der Waals surface area contributed by atoms with Gasteiger partial charge in [0, 0.05) is 25.0 Å². The van der Waals surface area contributed by atoms with Crippen molar-refractivity contribution in [2.45, 2.75) is 13.3 Å². The molecule has 0 fully saturated rings. The third-order valence-electron chi connectivity index (χ3n) is 2.21. The van der Waals surface area contributed by atoms with E-state index in [4.69, 9.17) is 0 Å². The quantitative estimate of drug-likeness (QED) is 0.850. The standard InChI is InChI=1S/C11H13N3S2/c1-3-9-11(14(2)15)16-10(13-9)8-5-4-6-12-7-8/h4-7,15H,3H2,1-2H3. The molecule has 0 aromatic carbocycles. The SMILES string of the molecule is CCc1nc(-c2cccnc2)sc1N(C)S. The second-order valence-electron chi connectivity index (χ2n) is 3.39. The maximum atomic E-state index is 4.61. The first-order valence-corrected chi connectivity index (χ1v) is 6.26. The second kappa shape index (κ2) is 4.84. The molecule has 0 spiro atoms. The fourth-order valence-electron chi connectivity index (χ4n) is 1.44. The van der Waals surface area contributed by atoms with Gasteiger partial charge in [0.05, 0.1) is 5.69 Å². The molecule has 0 bridgehead atoms. The van der Waals surface area contributed by atoms with Gasteiger partial charge in [0.1, 0.15) is 10.0 Å². The lowest BCUT2D eigenvalue weighted by Crippen LogP contribution is -2.00. The van der Waals surface area contributed by atoms with Crippen LogP contribution >= 0.6 is 24.2 Å². The third-order valence-corrected chi connectivity index (χ3v) is 3.77.